The van der Waals surface area contributed by atoms with Gasteiger partial charge < -0.3 is 5.32 Å². The minimum atomic E-state index is -0.635. The summed E-state index contributed by atoms with van der Waals surface area (Å²) in [5.41, 5.74) is -0.0485. The lowest BCUT2D eigenvalue weighted by molar-refractivity contribution is -0.384. The maximum Gasteiger partial charge on any atom is 0.270 e. The van der Waals surface area contributed by atoms with Crippen LogP contribution in [0.5, 0.6) is 0 Å². The fourth-order valence-corrected chi connectivity index (χ4v) is 2.22. The Bertz CT molecular complexity index is 801. The molecule has 9 heteroatoms. The number of thiocarbonyl (C=S) groups is 1. The molecule has 2 aromatic rings. The number of carbonyl (C=O) groups excluding carboxylic acids is 1. The van der Waals surface area contributed by atoms with Crippen LogP contribution in [0.3, 0.4) is 0 Å². The van der Waals surface area contributed by atoms with Crippen LogP contribution >= 0.6 is 28.1 Å². The average Bonchev–Trinajstić information content (AvgIpc) is 2.50. The van der Waals surface area contributed by atoms with E-state index in [-0.39, 0.29) is 22.1 Å². The van der Waals surface area contributed by atoms with Gasteiger partial charge in [-0.05, 0) is 36.5 Å². The van der Waals surface area contributed by atoms with E-state index in [2.05, 4.69) is 26.6 Å². The molecule has 0 aromatic heterocycles. The molecule has 0 saturated heterocycles. The van der Waals surface area contributed by atoms with Gasteiger partial charge in [0.15, 0.2) is 5.11 Å². The third-order valence-electron chi connectivity index (χ3n) is 2.73. The number of non-ortho nitro benzene ring substituents is 1. The summed E-state index contributed by atoms with van der Waals surface area (Å²) in [6.07, 6.45) is 0. The highest BCUT2D eigenvalue weighted by Gasteiger charge is 2.13. The zero-order valence-electron chi connectivity index (χ0n) is 11.4. The van der Waals surface area contributed by atoms with E-state index in [1.54, 1.807) is 6.07 Å². The number of anilines is 1. The maximum atomic E-state index is 13.7. The van der Waals surface area contributed by atoms with Crippen LogP contribution in [0.15, 0.2) is 46.9 Å². The number of nitrogens with zero attached hydrogens (tertiary/aromatic N) is 1. The summed E-state index contributed by atoms with van der Waals surface area (Å²) in [5.74, 6) is -1.19. The number of nitro benzene ring substituents is 1. The number of nitro groups is 1. The van der Waals surface area contributed by atoms with Crippen LogP contribution in [0.25, 0.3) is 0 Å². The van der Waals surface area contributed by atoms with Gasteiger partial charge in [0.2, 0.25) is 0 Å². The molecule has 0 aliphatic carbocycles. The first-order chi connectivity index (χ1) is 10.9. The first-order valence-corrected chi connectivity index (χ1v) is 7.39. The van der Waals surface area contributed by atoms with Crippen molar-refractivity contribution in [1.82, 2.24) is 5.32 Å². The average molecular weight is 398 g/mol. The first-order valence-electron chi connectivity index (χ1n) is 6.18. The smallest absolute Gasteiger partial charge is 0.270 e. The third kappa shape index (κ3) is 4.54. The SMILES string of the molecule is O=C(NC(=S)Nc1ccc(Br)cc1F)c1cccc([N+](=O)[O-])c1. The highest BCUT2D eigenvalue weighted by molar-refractivity contribution is 9.10. The van der Waals surface area contributed by atoms with Crippen LogP contribution in [0.2, 0.25) is 0 Å². The van der Waals surface area contributed by atoms with Crippen LogP contribution in [0, 0.1) is 15.9 Å². The van der Waals surface area contributed by atoms with Gasteiger partial charge in [-0.15, -0.1) is 0 Å². The van der Waals surface area contributed by atoms with Gasteiger partial charge in [0.1, 0.15) is 5.82 Å². The van der Waals surface area contributed by atoms with Crippen molar-refractivity contribution < 1.29 is 14.1 Å². The Kier molecular flexibility index (Phi) is 5.35. The van der Waals surface area contributed by atoms with E-state index < -0.39 is 16.6 Å². The lowest BCUT2D eigenvalue weighted by Crippen LogP contribution is -2.34. The second-order valence-electron chi connectivity index (χ2n) is 4.34. The highest BCUT2D eigenvalue weighted by Crippen LogP contribution is 2.19. The Hall–Kier alpha value is -2.39. The van der Waals surface area contributed by atoms with Crippen LogP contribution < -0.4 is 10.6 Å². The molecule has 6 nitrogen and oxygen atoms in total. The van der Waals surface area contributed by atoms with E-state index >= 15 is 0 Å². The lowest BCUT2D eigenvalue weighted by Gasteiger charge is -2.10. The lowest BCUT2D eigenvalue weighted by atomic mass is 10.2. The van der Waals surface area contributed by atoms with Crippen LogP contribution in [-0.2, 0) is 0 Å². The van der Waals surface area contributed by atoms with Crippen LogP contribution in [0.1, 0.15) is 10.4 Å². The Balaban J connectivity index is 2.06. The zero-order chi connectivity index (χ0) is 17.0. The van der Waals surface area contributed by atoms with Crippen molar-refractivity contribution in [3.8, 4) is 0 Å². The molecule has 0 heterocycles. The molecule has 1 amide bonds. The molecule has 0 unspecified atom stereocenters. The van der Waals surface area contributed by atoms with Gasteiger partial charge in [0.25, 0.3) is 11.6 Å². The number of hydrogen-bond acceptors (Lipinski definition) is 4. The van der Waals surface area contributed by atoms with Gasteiger partial charge in [-0.2, -0.15) is 0 Å². The maximum absolute atomic E-state index is 13.7. The monoisotopic (exact) mass is 397 g/mol. The molecule has 0 atom stereocenters. The fourth-order valence-electron chi connectivity index (χ4n) is 1.68. The molecule has 0 aliphatic rings. The number of halogens is 2. The van der Waals surface area contributed by atoms with Gasteiger partial charge in [0, 0.05) is 22.2 Å². The van der Waals surface area contributed by atoms with Crippen molar-refractivity contribution in [2.75, 3.05) is 5.32 Å². The molecule has 0 saturated carbocycles. The minimum absolute atomic E-state index is 0.0691. The minimum Gasteiger partial charge on any atom is -0.330 e. The van der Waals surface area contributed by atoms with Crippen molar-refractivity contribution in [3.63, 3.8) is 0 Å². The summed E-state index contributed by atoms with van der Waals surface area (Å²) in [6.45, 7) is 0. The van der Waals surface area contributed by atoms with Crippen LogP contribution in [0.4, 0.5) is 15.8 Å². The third-order valence-corrected chi connectivity index (χ3v) is 3.42. The van der Waals surface area contributed by atoms with Crippen molar-refractivity contribution >= 4 is 50.5 Å². The molecule has 2 N–H and O–H groups in total. The Labute approximate surface area is 144 Å². The molecule has 2 aromatic carbocycles. The molecule has 118 valence electrons. The number of carbonyl (C=O) groups is 1. The number of benzene rings is 2. The number of nitrogens with one attached hydrogen (secondary N) is 2. The summed E-state index contributed by atoms with van der Waals surface area (Å²) >= 11 is 8.06. The number of rotatable bonds is 3. The van der Waals surface area contributed by atoms with Crippen molar-refractivity contribution in [2.24, 2.45) is 0 Å². The van der Waals surface area contributed by atoms with Gasteiger partial charge >= 0.3 is 0 Å². The van der Waals surface area contributed by atoms with E-state index in [1.807, 2.05) is 0 Å². The highest BCUT2D eigenvalue weighted by atomic mass is 79.9. The van der Waals surface area contributed by atoms with E-state index in [9.17, 15) is 19.3 Å². The summed E-state index contributed by atoms with van der Waals surface area (Å²) in [6, 6.07) is 9.49. The second-order valence-corrected chi connectivity index (χ2v) is 5.66. The first kappa shape index (κ1) is 17.0. The summed E-state index contributed by atoms with van der Waals surface area (Å²) < 4.78 is 14.2. The van der Waals surface area contributed by atoms with E-state index in [1.165, 1.54) is 30.3 Å². The topological polar surface area (TPSA) is 84.3 Å². The Morgan fingerprint density at radius 2 is 2.00 bits per heavy atom. The molecule has 2 rings (SSSR count). The molecule has 0 bridgehead atoms. The van der Waals surface area contributed by atoms with E-state index in [0.29, 0.717) is 4.47 Å². The Morgan fingerprint density at radius 1 is 1.26 bits per heavy atom. The zero-order valence-corrected chi connectivity index (χ0v) is 13.8. The second kappa shape index (κ2) is 7.25. The largest absolute Gasteiger partial charge is 0.330 e. The quantitative estimate of drug-likeness (QED) is 0.469. The number of hydrogen-bond donors (Lipinski definition) is 2. The fraction of sp³-hybridized carbons (Fsp3) is 0. The van der Waals surface area contributed by atoms with Gasteiger partial charge in [-0.3, -0.25) is 20.2 Å². The van der Waals surface area contributed by atoms with Crippen molar-refractivity contribution in [1.29, 1.82) is 0 Å². The van der Waals surface area contributed by atoms with Crippen LogP contribution in [-0.4, -0.2) is 15.9 Å². The predicted molar refractivity (Wildman–Crippen MR) is 90.9 cm³/mol. The molecule has 0 aliphatic heterocycles. The summed E-state index contributed by atoms with van der Waals surface area (Å²) in [5, 5.41) is 15.5. The van der Waals surface area contributed by atoms with Gasteiger partial charge in [-0.1, -0.05) is 22.0 Å². The van der Waals surface area contributed by atoms with Crippen molar-refractivity contribution in [3.05, 3.63) is 68.4 Å². The molecule has 0 fully saturated rings. The normalized spacial score (nSPS) is 10.0. The molecule has 0 radical (unpaired) electrons. The summed E-state index contributed by atoms with van der Waals surface area (Å²) in [4.78, 5) is 22.1. The van der Waals surface area contributed by atoms with Gasteiger partial charge in [-0.25, -0.2) is 4.39 Å². The molecule has 23 heavy (non-hydrogen) atoms. The summed E-state index contributed by atoms with van der Waals surface area (Å²) in [7, 11) is 0. The molecular formula is C14H9BrFN3O3S. The number of amides is 1. The van der Waals surface area contributed by atoms with E-state index in [0.717, 1.165) is 6.07 Å². The predicted octanol–water partition coefficient (Wildman–Crippen LogP) is 3.62. The van der Waals surface area contributed by atoms with Gasteiger partial charge in [0.05, 0.1) is 10.6 Å². The molecule has 0 spiro atoms. The van der Waals surface area contributed by atoms with Crippen molar-refractivity contribution in [2.45, 2.75) is 0 Å². The molecular weight excluding hydrogens is 389 g/mol. The Morgan fingerprint density at radius 3 is 2.65 bits per heavy atom. The van der Waals surface area contributed by atoms with E-state index in [4.69, 9.17) is 12.2 Å². The standard InChI is InChI=1S/C14H9BrFN3O3S/c15-9-4-5-12(11(16)7-9)17-14(23)18-13(20)8-2-1-3-10(6-8)19(21)22/h1-7H,(H2,17,18,20,23).